The fourth-order valence-electron chi connectivity index (χ4n) is 2.21. The highest BCUT2D eigenvalue weighted by molar-refractivity contribution is 5.78. The Balaban J connectivity index is 0. The smallest absolute Gasteiger partial charge is 0.233 e. The molecule has 1 amide bonds. The molecule has 0 saturated carbocycles. The van der Waals surface area contributed by atoms with Crippen LogP contribution in [0.15, 0.2) is 0 Å². The lowest BCUT2D eigenvalue weighted by molar-refractivity contribution is -0.124. The number of likely N-dealkylation sites (N-methyl/N-ethyl adjacent to an activating group) is 1. The lowest BCUT2D eigenvalue weighted by Crippen LogP contribution is -2.53. The molecule has 2 fully saturated rings. The number of aliphatic hydroxyl groups excluding tert-OH is 1. The van der Waals surface area contributed by atoms with Gasteiger partial charge < -0.3 is 10.4 Å². The first-order chi connectivity index (χ1) is 11.0. The van der Waals surface area contributed by atoms with Gasteiger partial charge >= 0.3 is 0 Å². The lowest BCUT2D eigenvalue weighted by Gasteiger charge is -2.34. The molecule has 2 N–H and O–H groups in total. The largest absolute Gasteiger partial charge is 0.390 e. The van der Waals surface area contributed by atoms with Crippen molar-refractivity contribution in [2.24, 2.45) is 0 Å². The molecule has 0 aromatic carbocycles. The van der Waals surface area contributed by atoms with Crippen LogP contribution in [0.5, 0.6) is 0 Å². The topological polar surface area (TPSA) is 72.9 Å². The molecule has 2 aliphatic heterocycles. The Bertz CT molecular complexity index is 299. The second kappa shape index (κ2) is 15.9. The number of ketones is 1. The minimum Gasteiger partial charge on any atom is -0.390 e. The van der Waals surface area contributed by atoms with E-state index >= 15 is 0 Å². The fraction of sp³-hybridized carbons (Fsp3) is 0.882. The van der Waals surface area contributed by atoms with Crippen LogP contribution in [0.1, 0.15) is 47.5 Å². The number of Topliss-reactive ketones (excluding diaryl/α,β-unsaturated/α-hetero) is 1. The first kappa shape index (κ1) is 24.3. The highest BCUT2D eigenvalue weighted by atomic mass is 16.3. The third-order valence-electron chi connectivity index (χ3n) is 3.23. The van der Waals surface area contributed by atoms with Gasteiger partial charge in [-0.25, -0.2) is 0 Å². The van der Waals surface area contributed by atoms with Gasteiger partial charge in [0.15, 0.2) is 0 Å². The number of hydrogen-bond donors (Lipinski definition) is 2. The monoisotopic (exact) mass is 331 g/mol. The molecule has 0 spiro atoms. The van der Waals surface area contributed by atoms with Gasteiger partial charge in [-0.15, -0.1) is 0 Å². The predicted octanol–water partition coefficient (Wildman–Crippen LogP) is 1.13. The van der Waals surface area contributed by atoms with Crippen molar-refractivity contribution in [1.29, 1.82) is 0 Å². The Hall–Kier alpha value is -0.980. The van der Waals surface area contributed by atoms with Crippen LogP contribution in [0.4, 0.5) is 0 Å². The van der Waals surface area contributed by atoms with Crippen molar-refractivity contribution in [1.82, 2.24) is 15.1 Å². The molecule has 0 aromatic heterocycles. The van der Waals surface area contributed by atoms with Crippen molar-refractivity contribution in [3.63, 3.8) is 0 Å². The summed E-state index contributed by atoms with van der Waals surface area (Å²) in [5.74, 6) is 0.295. The molecule has 0 unspecified atom stereocenters. The van der Waals surface area contributed by atoms with E-state index in [4.69, 9.17) is 5.11 Å². The van der Waals surface area contributed by atoms with E-state index in [1.807, 2.05) is 32.6 Å². The second-order valence-electron chi connectivity index (χ2n) is 5.21. The van der Waals surface area contributed by atoms with Crippen molar-refractivity contribution >= 4 is 11.7 Å². The molecule has 0 radical (unpaired) electrons. The summed E-state index contributed by atoms with van der Waals surface area (Å²) in [6.07, 6.45) is 2.32. The zero-order valence-corrected chi connectivity index (χ0v) is 15.9. The molecule has 23 heavy (non-hydrogen) atoms. The predicted molar refractivity (Wildman–Crippen MR) is 95.6 cm³/mol. The molecule has 2 aliphatic rings. The van der Waals surface area contributed by atoms with Crippen LogP contribution in [0.3, 0.4) is 0 Å². The minimum atomic E-state index is -0.218. The number of amides is 1. The summed E-state index contributed by atoms with van der Waals surface area (Å²) < 4.78 is 0. The summed E-state index contributed by atoms with van der Waals surface area (Å²) in [7, 11) is 1.61. The average molecular weight is 332 g/mol. The Morgan fingerprint density at radius 1 is 1.00 bits per heavy atom. The molecule has 2 rings (SSSR count). The van der Waals surface area contributed by atoms with E-state index in [-0.39, 0.29) is 17.8 Å². The molecular weight excluding hydrogens is 294 g/mol. The van der Waals surface area contributed by atoms with Crippen LogP contribution >= 0.6 is 0 Å². The van der Waals surface area contributed by atoms with E-state index in [0.29, 0.717) is 26.2 Å². The van der Waals surface area contributed by atoms with Gasteiger partial charge in [-0.3, -0.25) is 19.4 Å². The molecule has 6 heteroatoms. The highest BCUT2D eigenvalue weighted by Crippen LogP contribution is 2.06. The Kier molecular flexibility index (Phi) is 16.8. The molecule has 6 nitrogen and oxygen atoms in total. The maximum Gasteiger partial charge on any atom is 0.233 e. The number of β-amino-alcohol motifs (C(OH)–C–C–N with tert-alkyl or cyclic N) is 1. The molecule has 2 saturated heterocycles. The standard InChI is InChI=1S/C7H13NO.C6H12N2O2.2C2H6/c1-7(9)6-8-4-2-3-5-8;1-7-6(10)4-8-2-5(9)3-8;2*1-2/h2-6H2,1H3;5,9H,2-4H2,1H3,(H,7,10);2*1-2H3. The molecule has 0 aliphatic carbocycles. The summed E-state index contributed by atoms with van der Waals surface area (Å²) in [5, 5.41) is 11.3. The Morgan fingerprint density at radius 2 is 1.48 bits per heavy atom. The number of carbonyl (C=O) groups is 2. The molecule has 0 aromatic rings. The maximum absolute atomic E-state index is 10.7. The molecule has 138 valence electrons. The summed E-state index contributed by atoms with van der Waals surface area (Å²) >= 11 is 0. The van der Waals surface area contributed by atoms with Gasteiger partial charge in [0.25, 0.3) is 0 Å². The molecule has 2 heterocycles. The second-order valence-corrected chi connectivity index (χ2v) is 5.21. The first-order valence-electron chi connectivity index (χ1n) is 8.84. The van der Waals surface area contributed by atoms with E-state index in [0.717, 1.165) is 13.1 Å². The molecule has 0 bridgehead atoms. The number of likely N-dealkylation sites (tertiary alicyclic amines) is 2. The van der Waals surface area contributed by atoms with Gasteiger partial charge in [-0.2, -0.15) is 0 Å². The highest BCUT2D eigenvalue weighted by Gasteiger charge is 2.25. The van der Waals surface area contributed by atoms with Crippen molar-refractivity contribution in [3.05, 3.63) is 0 Å². The van der Waals surface area contributed by atoms with Gasteiger partial charge in [-0.05, 0) is 32.9 Å². The summed E-state index contributed by atoms with van der Waals surface area (Å²) in [6.45, 7) is 14.2. The van der Waals surface area contributed by atoms with Crippen LogP contribution < -0.4 is 5.32 Å². The first-order valence-corrected chi connectivity index (χ1v) is 8.84. The third-order valence-corrected chi connectivity index (χ3v) is 3.23. The van der Waals surface area contributed by atoms with Crippen molar-refractivity contribution in [2.45, 2.75) is 53.6 Å². The van der Waals surface area contributed by atoms with Gasteiger partial charge in [0.05, 0.1) is 19.2 Å². The summed E-state index contributed by atoms with van der Waals surface area (Å²) in [5.41, 5.74) is 0. The van der Waals surface area contributed by atoms with Gasteiger partial charge in [0, 0.05) is 20.1 Å². The van der Waals surface area contributed by atoms with E-state index in [1.165, 1.54) is 12.8 Å². The van der Waals surface area contributed by atoms with Crippen LogP contribution in [0.25, 0.3) is 0 Å². The quantitative estimate of drug-likeness (QED) is 0.808. The summed E-state index contributed by atoms with van der Waals surface area (Å²) in [6, 6.07) is 0. The van der Waals surface area contributed by atoms with Gasteiger partial charge in [0.2, 0.25) is 5.91 Å². The molecule has 0 atom stereocenters. The van der Waals surface area contributed by atoms with E-state index in [1.54, 1.807) is 14.0 Å². The van der Waals surface area contributed by atoms with Gasteiger partial charge in [0.1, 0.15) is 5.78 Å². The van der Waals surface area contributed by atoms with Crippen molar-refractivity contribution in [3.8, 4) is 0 Å². The third kappa shape index (κ3) is 13.2. The molecular formula is C17H37N3O3. The van der Waals surface area contributed by atoms with Crippen LogP contribution in [0.2, 0.25) is 0 Å². The maximum atomic E-state index is 10.7. The number of rotatable bonds is 4. The fourth-order valence-corrected chi connectivity index (χ4v) is 2.21. The number of carbonyl (C=O) groups excluding carboxylic acids is 2. The zero-order chi connectivity index (χ0) is 18.3. The van der Waals surface area contributed by atoms with E-state index in [9.17, 15) is 9.59 Å². The zero-order valence-electron chi connectivity index (χ0n) is 15.9. The van der Waals surface area contributed by atoms with Crippen LogP contribution in [0, 0.1) is 0 Å². The van der Waals surface area contributed by atoms with E-state index in [2.05, 4.69) is 10.2 Å². The number of aliphatic hydroxyl groups is 1. The normalized spacial score (nSPS) is 17.3. The number of hydrogen-bond acceptors (Lipinski definition) is 5. The SMILES string of the molecule is CC.CC.CC(=O)CN1CCCC1.CNC(=O)CN1CC(O)C1. The van der Waals surface area contributed by atoms with Crippen molar-refractivity contribution < 1.29 is 14.7 Å². The average Bonchev–Trinajstić information content (AvgIpc) is 3.02. The lowest BCUT2D eigenvalue weighted by atomic mass is 10.2. The Morgan fingerprint density at radius 3 is 1.83 bits per heavy atom. The van der Waals surface area contributed by atoms with Gasteiger partial charge in [-0.1, -0.05) is 27.7 Å². The number of nitrogens with one attached hydrogen (secondary N) is 1. The number of nitrogens with zero attached hydrogens (tertiary/aromatic N) is 2. The van der Waals surface area contributed by atoms with Crippen LogP contribution in [-0.2, 0) is 9.59 Å². The van der Waals surface area contributed by atoms with Crippen molar-refractivity contribution in [2.75, 3.05) is 46.3 Å². The van der Waals surface area contributed by atoms with Crippen LogP contribution in [-0.4, -0.2) is 79.0 Å². The minimum absolute atomic E-state index is 0.00639. The van der Waals surface area contributed by atoms with E-state index < -0.39 is 0 Å². The Labute approximate surface area is 142 Å². The summed E-state index contributed by atoms with van der Waals surface area (Å²) in [4.78, 5) is 25.3.